The van der Waals surface area contributed by atoms with E-state index in [0.717, 1.165) is 5.92 Å². The van der Waals surface area contributed by atoms with Gasteiger partial charge in [0, 0.05) is 0 Å². The number of fused-ring (bicyclic) bond motifs is 1. The monoisotopic (exact) mass is 414 g/mol. The molecule has 120 valence electrons. The van der Waals surface area contributed by atoms with Crippen LogP contribution < -0.4 is 24.8 Å². The zero-order valence-corrected chi connectivity index (χ0v) is 18.2. The summed E-state index contributed by atoms with van der Waals surface area (Å²) in [5, 5.41) is 0. The third-order valence-electron chi connectivity index (χ3n) is 5.02. The standard InChI is InChI=1S/C10H15.C9H11.2ClH.Zr/c1-6-7(2)9(4)10(5)8(6)3;1-2-5-9-7-3-6-8(9)4-1;;;/h1-5H3;1-2,4,6,9H,3,5,7H2;2*1H;/q2*-1;;;+4/p-2. The van der Waals surface area contributed by atoms with Crippen LogP contribution in [0.1, 0.15) is 47.1 Å². The van der Waals surface area contributed by atoms with E-state index in [9.17, 15) is 0 Å². The molecule has 1 saturated carbocycles. The van der Waals surface area contributed by atoms with Gasteiger partial charge in [-0.2, -0.15) is 27.8 Å². The zero-order chi connectivity index (χ0) is 14.0. The molecule has 1 aromatic rings. The Kier molecular flexibility index (Phi) is 12.0. The van der Waals surface area contributed by atoms with Crippen LogP contribution in [0.15, 0.2) is 23.8 Å². The molecule has 0 aromatic heterocycles. The minimum Gasteiger partial charge on any atom is -1.00 e. The molecule has 0 heterocycles. The fourth-order valence-corrected chi connectivity index (χ4v) is 3.07. The summed E-state index contributed by atoms with van der Waals surface area (Å²) in [6.45, 7) is 11.0. The first-order valence-corrected chi connectivity index (χ1v) is 7.42. The van der Waals surface area contributed by atoms with Gasteiger partial charge >= 0.3 is 26.2 Å². The average Bonchev–Trinajstić information content (AvgIpc) is 2.97. The van der Waals surface area contributed by atoms with Crippen molar-refractivity contribution in [2.45, 2.75) is 53.9 Å². The van der Waals surface area contributed by atoms with Crippen LogP contribution in [0.3, 0.4) is 0 Å². The summed E-state index contributed by atoms with van der Waals surface area (Å²) < 4.78 is 0. The van der Waals surface area contributed by atoms with Crippen molar-refractivity contribution in [2.24, 2.45) is 5.92 Å². The second-order valence-electron chi connectivity index (χ2n) is 5.93. The predicted molar refractivity (Wildman–Crippen MR) is 84.6 cm³/mol. The smallest absolute Gasteiger partial charge is 1.00 e. The minimum atomic E-state index is 0. The van der Waals surface area contributed by atoms with Gasteiger partial charge in [0.2, 0.25) is 0 Å². The normalized spacial score (nSPS) is 17.5. The molecular formula is C19H26Cl2Zr. The van der Waals surface area contributed by atoms with Crippen LogP contribution in [0.25, 0.3) is 0 Å². The number of halogens is 2. The Morgan fingerprint density at radius 1 is 1.05 bits per heavy atom. The van der Waals surface area contributed by atoms with Crippen molar-refractivity contribution in [1.82, 2.24) is 0 Å². The molecule has 1 atom stereocenters. The Balaban J connectivity index is 0. The van der Waals surface area contributed by atoms with Crippen LogP contribution in [0.4, 0.5) is 0 Å². The second kappa shape index (κ2) is 10.8. The van der Waals surface area contributed by atoms with E-state index >= 15 is 0 Å². The van der Waals surface area contributed by atoms with E-state index in [4.69, 9.17) is 0 Å². The maximum atomic E-state index is 2.37. The summed E-state index contributed by atoms with van der Waals surface area (Å²) in [6, 6.07) is 0. The van der Waals surface area contributed by atoms with E-state index in [1.165, 1.54) is 47.1 Å². The third-order valence-corrected chi connectivity index (χ3v) is 5.02. The molecule has 0 radical (unpaired) electrons. The van der Waals surface area contributed by atoms with Gasteiger partial charge in [-0.05, 0) is 12.3 Å². The van der Waals surface area contributed by atoms with E-state index in [1.807, 2.05) is 0 Å². The molecule has 1 unspecified atom stereocenters. The molecule has 0 spiro atoms. The summed E-state index contributed by atoms with van der Waals surface area (Å²) in [5.74, 6) is 0.884. The molecule has 2 aliphatic rings. The molecule has 1 aromatic carbocycles. The maximum Gasteiger partial charge on any atom is 4.00 e. The van der Waals surface area contributed by atoms with Gasteiger partial charge in [0.1, 0.15) is 0 Å². The van der Waals surface area contributed by atoms with Gasteiger partial charge in [0.15, 0.2) is 0 Å². The van der Waals surface area contributed by atoms with Crippen LogP contribution in [-0.2, 0) is 26.2 Å². The van der Waals surface area contributed by atoms with Crippen molar-refractivity contribution in [2.75, 3.05) is 0 Å². The summed E-state index contributed by atoms with van der Waals surface area (Å²) in [6.07, 6.45) is 13.0. The number of hydrogen-bond donors (Lipinski definition) is 0. The topological polar surface area (TPSA) is 0 Å². The second-order valence-corrected chi connectivity index (χ2v) is 5.93. The Morgan fingerprint density at radius 3 is 2.00 bits per heavy atom. The minimum absolute atomic E-state index is 0. The fraction of sp³-hybridized carbons (Fsp3) is 0.474. The number of hydrogen-bond acceptors (Lipinski definition) is 0. The van der Waals surface area contributed by atoms with Crippen molar-refractivity contribution in [3.63, 3.8) is 0 Å². The van der Waals surface area contributed by atoms with Crippen LogP contribution in [0, 0.1) is 47.0 Å². The first-order valence-electron chi connectivity index (χ1n) is 7.42. The third kappa shape index (κ3) is 5.36. The summed E-state index contributed by atoms with van der Waals surface area (Å²) in [4.78, 5) is 0. The fourth-order valence-electron chi connectivity index (χ4n) is 3.07. The molecule has 22 heavy (non-hydrogen) atoms. The Labute approximate surface area is 168 Å². The van der Waals surface area contributed by atoms with E-state index in [-0.39, 0.29) is 51.0 Å². The molecular weight excluding hydrogens is 390 g/mol. The molecule has 0 nitrogen and oxygen atoms in total. The molecule has 0 saturated heterocycles. The van der Waals surface area contributed by atoms with Gasteiger partial charge in [0.25, 0.3) is 0 Å². The molecule has 3 heteroatoms. The van der Waals surface area contributed by atoms with Gasteiger partial charge in [-0.25, -0.2) is 18.1 Å². The van der Waals surface area contributed by atoms with E-state index in [1.54, 1.807) is 5.57 Å². The average molecular weight is 417 g/mol. The first-order chi connectivity index (χ1) is 9.02. The summed E-state index contributed by atoms with van der Waals surface area (Å²) >= 11 is 0. The predicted octanol–water partition coefficient (Wildman–Crippen LogP) is -0.560. The van der Waals surface area contributed by atoms with Gasteiger partial charge < -0.3 is 24.8 Å². The number of allylic oxidation sites excluding steroid dienone is 4. The quantitative estimate of drug-likeness (QED) is 0.498. The van der Waals surface area contributed by atoms with E-state index in [0.29, 0.717) is 0 Å². The molecule has 2 aliphatic carbocycles. The van der Waals surface area contributed by atoms with Crippen molar-refractivity contribution >= 4 is 0 Å². The van der Waals surface area contributed by atoms with Gasteiger partial charge in [-0.3, -0.25) is 0 Å². The van der Waals surface area contributed by atoms with E-state index in [2.05, 4.69) is 59.3 Å². The van der Waals surface area contributed by atoms with Crippen LogP contribution >= 0.6 is 0 Å². The number of rotatable bonds is 0. The van der Waals surface area contributed by atoms with Crippen LogP contribution in [-0.4, -0.2) is 0 Å². The van der Waals surface area contributed by atoms with Crippen LogP contribution in [0.5, 0.6) is 0 Å². The van der Waals surface area contributed by atoms with Crippen molar-refractivity contribution in [1.29, 1.82) is 0 Å². The Bertz CT molecular complexity index is 444. The molecule has 1 fully saturated rings. The largest absolute Gasteiger partial charge is 4.00 e. The van der Waals surface area contributed by atoms with E-state index < -0.39 is 0 Å². The molecule has 0 aliphatic heterocycles. The van der Waals surface area contributed by atoms with Crippen LogP contribution in [0.2, 0.25) is 0 Å². The summed E-state index contributed by atoms with van der Waals surface area (Å²) in [5.41, 5.74) is 8.92. The zero-order valence-electron chi connectivity index (χ0n) is 14.3. The maximum absolute atomic E-state index is 2.37. The Morgan fingerprint density at radius 2 is 1.59 bits per heavy atom. The van der Waals surface area contributed by atoms with Crippen molar-refractivity contribution in [3.8, 4) is 0 Å². The SMILES string of the molecule is C1=CCC2CC[CH-]C2=C1.Cc1c(C)c(C)[c-](C)c1C.[Cl-].[Cl-].[Zr+4]. The van der Waals surface area contributed by atoms with Crippen molar-refractivity contribution in [3.05, 3.63) is 58.0 Å². The van der Waals surface area contributed by atoms with Gasteiger partial charge in [-0.15, -0.1) is 18.6 Å². The first kappa shape index (κ1) is 24.4. The Hall–Kier alpha value is 0.163. The molecule has 0 N–H and O–H groups in total. The molecule has 3 rings (SSSR count). The molecule has 0 amide bonds. The molecule has 0 bridgehead atoms. The van der Waals surface area contributed by atoms with Gasteiger partial charge in [-0.1, -0.05) is 41.0 Å². The van der Waals surface area contributed by atoms with Crippen molar-refractivity contribution < 1.29 is 51.0 Å². The summed E-state index contributed by atoms with van der Waals surface area (Å²) in [7, 11) is 0. The van der Waals surface area contributed by atoms with Gasteiger partial charge in [0.05, 0.1) is 0 Å².